The van der Waals surface area contributed by atoms with Gasteiger partial charge in [-0.05, 0) is 29.2 Å². The number of rotatable bonds is 4. The fourth-order valence-electron chi connectivity index (χ4n) is 2.63. The Labute approximate surface area is 139 Å². The summed E-state index contributed by atoms with van der Waals surface area (Å²) in [5, 5.41) is 5.01. The molecule has 3 heteroatoms. The molecule has 2 rings (SSSR count). The van der Waals surface area contributed by atoms with Crippen molar-refractivity contribution in [2.24, 2.45) is 11.3 Å². The summed E-state index contributed by atoms with van der Waals surface area (Å²) in [6, 6.07) is 13.9. The van der Waals surface area contributed by atoms with Crippen LogP contribution in [0.15, 0.2) is 42.5 Å². The lowest BCUT2D eigenvalue weighted by Crippen LogP contribution is -2.30. The molecule has 2 aromatic rings. The number of hydrogen-bond donors (Lipinski definition) is 1. The van der Waals surface area contributed by atoms with Crippen molar-refractivity contribution >= 4 is 22.6 Å². The summed E-state index contributed by atoms with van der Waals surface area (Å²) in [6.45, 7) is 10.7. The third-order valence-corrected chi connectivity index (χ3v) is 3.84. The van der Waals surface area contributed by atoms with Crippen molar-refractivity contribution in [3.8, 4) is 0 Å². The van der Waals surface area contributed by atoms with E-state index in [-0.39, 0.29) is 23.5 Å². The molecule has 0 fully saturated rings. The number of amides is 1. The number of benzene rings is 2. The Bertz CT molecular complexity index is 665. The second-order valence-electron chi connectivity index (χ2n) is 7.60. The molecule has 3 nitrogen and oxygen atoms in total. The Balaban J connectivity index is 2.11. The van der Waals surface area contributed by atoms with Crippen LogP contribution in [0.3, 0.4) is 0 Å². The highest BCUT2D eigenvalue weighted by Gasteiger charge is 2.25. The minimum atomic E-state index is -0.385. The second kappa shape index (κ2) is 7.03. The van der Waals surface area contributed by atoms with Crippen LogP contribution in [-0.2, 0) is 4.74 Å². The van der Waals surface area contributed by atoms with Crippen LogP contribution in [0.4, 0.5) is 10.5 Å². The molecule has 0 aliphatic heterocycles. The van der Waals surface area contributed by atoms with E-state index in [4.69, 9.17) is 4.74 Å². The van der Waals surface area contributed by atoms with Gasteiger partial charge in [0.25, 0.3) is 0 Å². The van der Waals surface area contributed by atoms with Crippen molar-refractivity contribution in [2.45, 2.75) is 47.1 Å². The fourth-order valence-corrected chi connectivity index (χ4v) is 2.63. The molecule has 0 aliphatic carbocycles. The number of anilines is 1. The summed E-state index contributed by atoms with van der Waals surface area (Å²) < 4.78 is 5.69. The summed E-state index contributed by atoms with van der Waals surface area (Å²) >= 11 is 0. The Morgan fingerprint density at radius 3 is 2.39 bits per heavy atom. The smallest absolute Gasteiger partial charge is 0.411 e. The average molecular weight is 313 g/mol. The van der Waals surface area contributed by atoms with Gasteiger partial charge in [-0.1, -0.05) is 71.0 Å². The molecule has 0 aliphatic rings. The minimum Gasteiger partial charge on any atom is -0.446 e. The molecule has 1 atom stereocenters. The normalized spacial score (nSPS) is 13.1. The van der Waals surface area contributed by atoms with Crippen molar-refractivity contribution in [1.29, 1.82) is 0 Å². The molecule has 2 aromatic carbocycles. The molecular weight excluding hydrogens is 286 g/mol. The summed E-state index contributed by atoms with van der Waals surface area (Å²) in [6.07, 6.45) is 0.363. The van der Waals surface area contributed by atoms with Crippen molar-refractivity contribution < 1.29 is 9.53 Å². The lowest BCUT2D eigenvalue weighted by Gasteiger charge is -2.28. The zero-order valence-electron chi connectivity index (χ0n) is 14.7. The number of nitrogens with one attached hydrogen (secondary N) is 1. The van der Waals surface area contributed by atoms with Gasteiger partial charge in [0.1, 0.15) is 6.10 Å². The predicted octanol–water partition coefficient (Wildman–Crippen LogP) is 5.85. The van der Waals surface area contributed by atoms with E-state index in [9.17, 15) is 4.79 Å². The van der Waals surface area contributed by atoms with Crippen LogP contribution in [0.5, 0.6) is 0 Å². The first kappa shape index (κ1) is 17.3. The molecule has 0 radical (unpaired) electrons. The summed E-state index contributed by atoms with van der Waals surface area (Å²) in [5.74, 6) is 0.285. The summed E-state index contributed by atoms with van der Waals surface area (Å²) in [4.78, 5) is 12.3. The van der Waals surface area contributed by atoms with E-state index in [1.807, 2.05) is 42.5 Å². The summed E-state index contributed by atoms with van der Waals surface area (Å²) in [5.41, 5.74) is 0.903. The number of carbonyl (C=O) groups excluding carboxylic acids is 1. The average Bonchev–Trinajstić information content (AvgIpc) is 2.45. The molecule has 0 spiro atoms. The van der Waals surface area contributed by atoms with Gasteiger partial charge in [-0.15, -0.1) is 0 Å². The van der Waals surface area contributed by atoms with Crippen LogP contribution >= 0.6 is 0 Å². The molecule has 0 heterocycles. The number of carbonyl (C=O) groups is 1. The first-order chi connectivity index (χ1) is 10.8. The number of fused-ring (bicyclic) bond motifs is 1. The predicted molar refractivity (Wildman–Crippen MR) is 96.7 cm³/mol. The van der Waals surface area contributed by atoms with E-state index in [1.54, 1.807) is 0 Å². The van der Waals surface area contributed by atoms with Crippen molar-refractivity contribution in [2.75, 3.05) is 5.32 Å². The quantitative estimate of drug-likeness (QED) is 0.769. The topological polar surface area (TPSA) is 38.3 Å². The lowest BCUT2D eigenvalue weighted by molar-refractivity contribution is 0.0537. The van der Waals surface area contributed by atoms with Gasteiger partial charge in [-0.3, -0.25) is 5.32 Å². The zero-order chi connectivity index (χ0) is 17.0. The molecule has 1 amide bonds. The van der Waals surface area contributed by atoms with E-state index in [1.165, 1.54) is 0 Å². The number of ether oxygens (including phenoxy) is 1. The van der Waals surface area contributed by atoms with Gasteiger partial charge in [-0.25, -0.2) is 4.79 Å². The molecule has 0 aromatic heterocycles. The third-order valence-electron chi connectivity index (χ3n) is 3.84. The first-order valence-electron chi connectivity index (χ1n) is 8.22. The molecule has 0 saturated heterocycles. The van der Waals surface area contributed by atoms with Crippen LogP contribution in [0, 0.1) is 11.3 Å². The van der Waals surface area contributed by atoms with Gasteiger partial charge in [-0.2, -0.15) is 0 Å². The summed E-state index contributed by atoms with van der Waals surface area (Å²) in [7, 11) is 0. The molecular formula is C20H27NO2. The van der Waals surface area contributed by atoms with E-state index in [0.717, 1.165) is 22.9 Å². The maximum atomic E-state index is 12.3. The molecule has 23 heavy (non-hydrogen) atoms. The highest BCUT2D eigenvalue weighted by atomic mass is 16.6. The van der Waals surface area contributed by atoms with E-state index < -0.39 is 0 Å². The molecule has 0 saturated carbocycles. The highest BCUT2D eigenvalue weighted by Crippen LogP contribution is 2.27. The van der Waals surface area contributed by atoms with E-state index in [0.29, 0.717) is 0 Å². The largest absolute Gasteiger partial charge is 0.446 e. The lowest BCUT2D eigenvalue weighted by atomic mass is 9.85. The van der Waals surface area contributed by atoms with Crippen LogP contribution in [0.1, 0.15) is 41.0 Å². The Morgan fingerprint density at radius 1 is 1.09 bits per heavy atom. The Kier molecular flexibility index (Phi) is 5.30. The highest BCUT2D eigenvalue weighted by molar-refractivity contribution is 6.00. The van der Waals surface area contributed by atoms with Gasteiger partial charge in [0.05, 0.1) is 5.69 Å². The first-order valence-corrected chi connectivity index (χ1v) is 8.22. The van der Waals surface area contributed by atoms with Gasteiger partial charge in [0, 0.05) is 5.39 Å². The van der Waals surface area contributed by atoms with Crippen molar-refractivity contribution in [3.63, 3.8) is 0 Å². The van der Waals surface area contributed by atoms with Crippen LogP contribution < -0.4 is 5.32 Å². The van der Waals surface area contributed by atoms with Gasteiger partial charge < -0.3 is 4.74 Å². The maximum absolute atomic E-state index is 12.3. The Hall–Kier alpha value is -2.03. The van der Waals surface area contributed by atoms with Crippen LogP contribution in [-0.4, -0.2) is 12.2 Å². The molecule has 0 bridgehead atoms. The standard InChI is InChI=1S/C20H27NO2/c1-14(2)18(13-20(3,4)5)23-19(22)21-17-12-8-10-15-9-6-7-11-16(15)17/h6-12,14,18H,13H2,1-5H3,(H,21,22)/t18-/m0/s1. The second-order valence-corrected chi connectivity index (χ2v) is 7.60. The van der Waals surface area contributed by atoms with Crippen molar-refractivity contribution in [1.82, 2.24) is 0 Å². The van der Waals surface area contributed by atoms with Crippen LogP contribution in [0.2, 0.25) is 0 Å². The minimum absolute atomic E-state index is 0.0926. The third kappa shape index (κ3) is 4.98. The SMILES string of the molecule is CC(C)[C@H](CC(C)(C)C)OC(=O)Nc1cccc2ccccc12. The molecule has 124 valence electrons. The fraction of sp³-hybridized carbons (Fsp3) is 0.450. The van der Waals surface area contributed by atoms with E-state index in [2.05, 4.69) is 39.9 Å². The van der Waals surface area contributed by atoms with Gasteiger partial charge >= 0.3 is 6.09 Å². The van der Waals surface area contributed by atoms with E-state index >= 15 is 0 Å². The monoisotopic (exact) mass is 313 g/mol. The molecule has 0 unspecified atom stereocenters. The van der Waals surface area contributed by atoms with Crippen LogP contribution in [0.25, 0.3) is 10.8 Å². The van der Waals surface area contributed by atoms with Crippen molar-refractivity contribution in [3.05, 3.63) is 42.5 Å². The number of hydrogen-bond acceptors (Lipinski definition) is 2. The Morgan fingerprint density at radius 2 is 1.74 bits per heavy atom. The maximum Gasteiger partial charge on any atom is 0.411 e. The van der Waals surface area contributed by atoms with Gasteiger partial charge in [0.15, 0.2) is 0 Å². The molecule has 1 N–H and O–H groups in total. The zero-order valence-corrected chi connectivity index (χ0v) is 14.7. The van der Waals surface area contributed by atoms with Gasteiger partial charge in [0.2, 0.25) is 0 Å².